The van der Waals surface area contributed by atoms with Gasteiger partial charge in [-0.25, -0.2) is 4.98 Å². The van der Waals surface area contributed by atoms with Gasteiger partial charge in [0, 0.05) is 10.4 Å². The van der Waals surface area contributed by atoms with Crippen molar-refractivity contribution in [3.8, 4) is 5.75 Å². The van der Waals surface area contributed by atoms with E-state index >= 15 is 0 Å². The quantitative estimate of drug-likeness (QED) is 0.682. The molecular formula is C9H5Cl2NO. The van der Waals surface area contributed by atoms with E-state index in [9.17, 15) is 5.11 Å². The lowest BCUT2D eigenvalue weighted by atomic mass is 10.2. The summed E-state index contributed by atoms with van der Waals surface area (Å²) >= 11 is 11.4. The molecule has 0 amide bonds. The summed E-state index contributed by atoms with van der Waals surface area (Å²) in [6.07, 6.45) is 0. The number of aromatic hydroxyl groups is 1. The number of hydrogen-bond acceptors (Lipinski definition) is 2. The van der Waals surface area contributed by atoms with Crippen LogP contribution in [-0.2, 0) is 0 Å². The number of pyridine rings is 1. The number of fused-ring (bicyclic) bond motifs is 1. The highest BCUT2D eigenvalue weighted by atomic mass is 35.5. The van der Waals surface area contributed by atoms with Gasteiger partial charge in [0.25, 0.3) is 0 Å². The van der Waals surface area contributed by atoms with Crippen LogP contribution in [0.3, 0.4) is 0 Å². The van der Waals surface area contributed by atoms with Crippen LogP contribution in [0, 0.1) is 0 Å². The topological polar surface area (TPSA) is 33.1 Å². The first-order valence-corrected chi connectivity index (χ1v) is 4.37. The molecule has 2 rings (SSSR count). The van der Waals surface area contributed by atoms with Crippen LogP contribution >= 0.6 is 23.2 Å². The molecule has 4 heteroatoms. The third kappa shape index (κ3) is 1.55. The number of rotatable bonds is 0. The predicted octanol–water partition coefficient (Wildman–Crippen LogP) is 3.25. The van der Waals surface area contributed by atoms with Crippen LogP contribution in [0.25, 0.3) is 10.9 Å². The van der Waals surface area contributed by atoms with Gasteiger partial charge in [0.2, 0.25) is 0 Å². The predicted molar refractivity (Wildman–Crippen MR) is 53.4 cm³/mol. The van der Waals surface area contributed by atoms with Crippen molar-refractivity contribution in [2.75, 3.05) is 0 Å². The molecule has 1 aromatic carbocycles. The Kier molecular flexibility index (Phi) is 2.02. The molecule has 0 atom stereocenters. The van der Waals surface area contributed by atoms with Crippen molar-refractivity contribution in [1.29, 1.82) is 0 Å². The molecule has 0 fully saturated rings. The van der Waals surface area contributed by atoms with Crippen LogP contribution in [-0.4, -0.2) is 10.1 Å². The molecule has 0 aliphatic heterocycles. The molecule has 0 saturated heterocycles. The van der Waals surface area contributed by atoms with Crippen LogP contribution in [0.15, 0.2) is 24.3 Å². The van der Waals surface area contributed by atoms with Gasteiger partial charge in [0.15, 0.2) is 10.9 Å². The van der Waals surface area contributed by atoms with Gasteiger partial charge in [-0.2, -0.15) is 0 Å². The molecule has 2 aromatic rings. The SMILES string of the molecule is Oc1cc2ccc(Cl)cc2nc1Cl. The second kappa shape index (κ2) is 3.05. The third-order valence-corrected chi connectivity index (χ3v) is 2.23. The molecular weight excluding hydrogens is 209 g/mol. The Labute approximate surface area is 84.7 Å². The fourth-order valence-electron chi connectivity index (χ4n) is 1.11. The molecule has 1 heterocycles. The van der Waals surface area contributed by atoms with Gasteiger partial charge < -0.3 is 5.11 Å². The molecule has 0 saturated carbocycles. The Morgan fingerprint density at radius 1 is 1.15 bits per heavy atom. The zero-order chi connectivity index (χ0) is 9.42. The smallest absolute Gasteiger partial charge is 0.171 e. The number of aromatic nitrogens is 1. The van der Waals surface area contributed by atoms with Gasteiger partial charge in [-0.1, -0.05) is 29.3 Å². The molecule has 13 heavy (non-hydrogen) atoms. The van der Waals surface area contributed by atoms with E-state index in [4.69, 9.17) is 23.2 Å². The number of halogens is 2. The fraction of sp³-hybridized carbons (Fsp3) is 0. The first-order valence-electron chi connectivity index (χ1n) is 3.61. The van der Waals surface area contributed by atoms with E-state index in [0.717, 1.165) is 5.39 Å². The summed E-state index contributed by atoms with van der Waals surface area (Å²) < 4.78 is 0. The largest absolute Gasteiger partial charge is 0.505 e. The summed E-state index contributed by atoms with van der Waals surface area (Å²) in [6, 6.07) is 6.77. The molecule has 0 aliphatic carbocycles. The molecule has 0 aliphatic rings. The van der Waals surface area contributed by atoms with E-state index in [1.54, 1.807) is 24.3 Å². The maximum absolute atomic E-state index is 9.26. The first-order chi connectivity index (χ1) is 6.16. The van der Waals surface area contributed by atoms with Crippen molar-refractivity contribution in [3.05, 3.63) is 34.4 Å². The van der Waals surface area contributed by atoms with Gasteiger partial charge in [-0.3, -0.25) is 0 Å². The average Bonchev–Trinajstić information content (AvgIpc) is 2.08. The van der Waals surface area contributed by atoms with E-state index in [1.807, 2.05) is 0 Å². The molecule has 0 radical (unpaired) electrons. The van der Waals surface area contributed by atoms with Crippen LogP contribution < -0.4 is 0 Å². The van der Waals surface area contributed by atoms with Gasteiger partial charge >= 0.3 is 0 Å². The number of nitrogens with zero attached hydrogens (tertiary/aromatic N) is 1. The Hall–Kier alpha value is -0.990. The van der Waals surface area contributed by atoms with E-state index in [-0.39, 0.29) is 10.9 Å². The lowest BCUT2D eigenvalue weighted by Gasteiger charge is -2.00. The number of hydrogen-bond donors (Lipinski definition) is 1. The Bertz CT molecular complexity index is 470. The highest BCUT2D eigenvalue weighted by Crippen LogP contribution is 2.26. The van der Waals surface area contributed by atoms with Crippen molar-refractivity contribution in [2.24, 2.45) is 0 Å². The summed E-state index contributed by atoms with van der Waals surface area (Å²) in [7, 11) is 0. The van der Waals surface area contributed by atoms with Crippen molar-refractivity contribution in [2.45, 2.75) is 0 Å². The van der Waals surface area contributed by atoms with Crippen LogP contribution in [0.2, 0.25) is 10.2 Å². The van der Waals surface area contributed by atoms with Crippen molar-refractivity contribution in [1.82, 2.24) is 4.98 Å². The van der Waals surface area contributed by atoms with Gasteiger partial charge in [-0.15, -0.1) is 0 Å². The summed E-state index contributed by atoms with van der Waals surface area (Å²) in [6.45, 7) is 0. The second-order valence-electron chi connectivity index (χ2n) is 2.64. The lowest BCUT2D eigenvalue weighted by Crippen LogP contribution is -1.80. The van der Waals surface area contributed by atoms with Crippen LogP contribution in [0.5, 0.6) is 5.75 Å². The maximum Gasteiger partial charge on any atom is 0.171 e. The molecule has 66 valence electrons. The molecule has 0 spiro atoms. The third-order valence-electron chi connectivity index (χ3n) is 1.71. The maximum atomic E-state index is 9.26. The molecule has 1 N–H and O–H groups in total. The lowest BCUT2D eigenvalue weighted by molar-refractivity contribution is 0.474. The number of benzene rings is 1. The highest BCUT2D eigenvalue weighted by Gasteiger charge is 2.02. The van der Waals surface area contributed by atoms with Crippen molar-refractivity contribution in [3.63, 3.8) is 0 Å². The minimum absolute atomic E-state index is 0.0171. The fourth-order valence-corrected chi connectivity index (χ4v) is 1.42. The Morgan fingerprint density at radius 3 is 2.69 bits per heavy atom. The monoisotopic (exact) mass is 213 g/mol. The zero-order valence-corrected chi connectivity index (χ0v) is 7.97. The normalized spacial score (nSPS) is 10.6. The summed E-state index contributed by atoms with van der Waals surface area (Å²) in [5.41, 5.74) is 0.676. The Morgan fingerprint density at radius 2 is 1.92 bits per heavy atom. The molecule has 0 unspecified atom stereocenters. The summed E-state index contributed by atoms with van der Waals surface area (Å²) in [5, 5.41) is 10.8. The first kappa shape index (κ1) is 8.60. The van der Waals surface area contributed by atoms with Crippen LogP contribution in [0.4, 0.5) is 0 Å². The zero-order valence-electron chi connectivity index (χ0n) is 6.46. The van der Waals surface area contributed by atoms with Crippen LogP contribution in [0.1, 0.15) is 0 Å². The average molecular weight is 214 g/mol. The summed E-state index contributed by atoms with van der Waals surface area (Å²) in [4.78, 5) is 3.97. The minimum atomic E-state index is -0.0171. The highest BCUT2D eigenvalue weighted by molar-refractivity contribution is 6.32. The van der Waals surface area contributed by atoms with Gasteiger partial charge in [0.05, 0.1) is 5.52 Å². The minimum Gasteiger partial charge on any atom is -0.505 e. The van der Waals surface area contributed by atoms with E-state index in [1.165, 1.54) is 0 Å². The molecule has 2 nitrogen and oxygen atoms in total. The molecule has 1 aromatic heterocycles. The summed E-state index contributed by atoms with van der Waals surface area (Å²) in [5.74, 6) is -0.0171. The molecule has 0 bridgehead atoms. The van der Waals surface area contributed by atoms with Crippen molar-refractivity contribution < 1.29 is 5.11 Å². The van der Waals surface area contributed by atoms with Crippen molar-refractivity contribution >= 4 is 34.1 Å². The van der Waals surface area contributed by atoms with E-state index in [2.05, 4.69) is 4.98 Å². The standard InChI is InChI=1S/C9H5Cl2NO/c10-6-2-1-5-3-8(13)9(11)12-7(5)4-6/h1-4,13H. The van der Waals surface area contributed by atoms with Gasteiger partial charge in [0.1, 0.15) is 0 Å². The second-order valence-corrected chi connectivity index (χ2v) is 3.43. The van der Waals surface area contributed by atoms with E-state index < -0.39 is 0 Å². The Balaban J connectivity index is 2.81. The van der Waals surface area contributed by atoms with Gasteiger partial charge in [-0.05, 0) is 18.2 Å². The van der Waals surface area contributed by atoms with E-state index in [0.29, 0.717) is 10.5 Å².